The lowest BCUT2D eigenvalue weighted by Crippen LogP contribution is -2.15. The lowest BCUT2D eigenvalue weighted by molar-refractivity contribution is 0.101. The molecule has 0 saturated carbocycles. The highest BCUT2D eigenvalue weighted by Gasteiger charge is 2.12. The van der Waals surface area contributed by atoms with Gasteiger partial charge in [-0.3, -0.25) is 4.79 Å². The minimum atomic E-state index is -0.554. The molecular formula is C17H12BrF2N3O2. The molecule has 5 nitrogen and oxygen atoms in total. The van der Waals surface area contributed by atoms with E-state index >= 15 is 0 Å². The van der Waals surface area contributed by atoms with E-state index in [2.05, 4.69) is 26.3 Å². The van der Waals surface area contributed by atoms with Gasteiger partial charge in [0.1, 0.15) is 17.4 Å². The first kappa shape index (κ1) is 17.1. The molecule has 0 bridgehead atoms. The van der Waals surface area contributed by atoms with Crippen LogP contribution in [0.5, 0.6) is 5.75 Å². The van der Waals surface area contributed by atoms with Crippen LogP contribution in [-0.2, 0) is 6.73 Å². The van der Waals surface area contributed by atoms with E-state index in [0.29, 0.717) is 10.2 Å². The van der Waals surface area contributed by atoms with Crippen molar-refractivity contribution in [3.63, 3.8) is 0 Å². The van der Waals surface area contributed by atoms with Crippen LogP contribution in [0.4, 0.5) is 14.5 Å². The van der Waals surface area contributed by atoms with Gasteiger partial charge in [-0.05, 0) is 48.5 Å². The number of hydrogen-bond acceptors (Lipinski definition) is 3. The Hall–Kier alpha value is -2.74. The van der Waals surface area contributed by atoms with Gasteiger partial charge < -0.3 is 10.1 Å². The summed E-state index contributed by atoms with van der Waals surface area (Å²) in [6.45, 7) is 0.0472. The summed E-state index contributed by atoms with van der Waals surface area (Å²) in [5.74, 6) is -0.978. The summed E-state index contributed by atoms with van der Waals surface area (Å²) in [6, 6.07) is 11.4. The molecule has 0 radical (unpaired) electrons. The summed E-state index contributed by atoms with van der Waals surface area (Å²) in [5.41, 5.74) is 0.176. The minimum absolute atomic E-state index is 0.0472. The molecule has 25 heavy (non-hydrogen) atoms. The topological polar surface area (TPSA) is 56.2 Å². The molecule has 8 heteroatoms. The van der Waals surface area contributed by atoms with E-state index in [1.54, 1.807) is 12.3 Å². The largest absolute Gasteiger partial charge is 0.471 e. The number of carbonyl (C=O) groups is 1. The van der Waals surface area contributed by atoms with Gasteiger partial charge in [-0.15, -0.1) is 0 Å². The highest BCUT2D eigenvalue weighted by molar-refractivity contribution is 9.10. The Morgan fingerprint density at radius 3 is 2.64 bits per heavy atom. The van der Waals surface area contributed by atoms with Gasteiger partial charge in [-0.1, -0.05) is 15.9 Å². The van der Waals surface area contributed by atoms with Gasteiger partial charge >= 0.3 is 0 Å². The van der Waals surface area contributed by atoms with Gasteiger partial charge in [-0.25, -0.2) is 13.5 Å². The number of nitrogens with one attached hydrogen (secondary N) is 1. The Bertz CT molecular complexity index is 897. The highest BCUT2D eigenvalue weighted by atomic mass is 79.9. The fourth-order valence-electron chi connectivity index (χ4n) is 2.00. The zero-order chi connectivity index (χ0) is 17.8. The minimum Gasteiger partial charge on any atom is -0.471 e. The van der Waals surface area contributed by atoms with Gasteiger partial charge in [0.15, 0.2) is 12.4 Å². The van der Waals surface area contributed by atoms with Gasteiger partial charge in [0.05, 0.1) is 5.69 Å². The fraction of sp³-hybridized carbons (Fsp3) is 0.0588. The smallest absolute Gasteiger partial charge is 0.276 e. The zero-order valence-electron chi connectivity index (χ0n) is 12.7. The third-order valence-corrected chi connectivity index (χ3v) is 3.72. The van der Waals surface area contributed by atoms with E-state index in [-0.39, 0.29) is 23.9 Å². The zero-order valence-corrected chi connectivity index (χ0v) is 14.3. The molecule has 1 aromatic heterocycles. The first-order valence-corrected chi connectivity index (χ1v) is 7.99. The first-order chi connectivity index (χ1) is 12.0. The van der Waals surface area contributed by atoms with Crippen molar-refractivity contribution in [3.8, 4) is 5.75 Å². The lowest BCUT2D eigenvalue weighted by Gasteiger charge is -2.06. The van der Waals surface area contributed by atoms with Crippen LogP contribution >= 0.6 is 15.9 Å². The Labute approximate surface area is 150 Å². The number of benzene rings is 2. The summed E-state index contributed by atoms with van der Waals surface area (Å²) in [7, 11) is 0. The molecule has 2 aromatic carbocycles. The monoisotopic (exact) mass is 407 g/mol. The highest BCUT2D eigenvalue weighted by Crippen LogP contribution is 2.20. The normalized spacial score (nSPS) is 10.5. The lowest BCUT2D eigenvalue weighted by atomic mass is 10.3. The number of nitrogens with zero attached hydrogens (tertiary/aromatic N) is 2. The molecule has 1 amide bonds. The van der Waals surface area contributed by atoms with E-state index in [0.717, 1.165) is 0 Å². The molecule has 0 aliphatic heterocycles. The van der Waals surface area contributed by atoms with Crippen molar-refractivity contribution in [2.45, 2.75) is 6.73 Å². The van der Waals surface area contributed by atoms with Gasteiger partial charge in [0, 0.05) is 10.7 Å². The third-order valence-electron chi connectivity index (χ3n) is 3.23. The number of amides is 1. The van der Waals surface area contributed by atoms with E-state index in [9.17, 15) is 13.6 Å². The number of rotatable bonds is 5. The predicted octanol–water partition coefficient (Wildman–Crippen LogP) is 4.21. The van der Waals surface area contributed by atoms with Crippen LogP contribution in [0.2, 0.25) is 0 Å². The molecule has 1 N–H and O–H groups in total. The Morgan fingerprint density at radius 1 is 1.16 bits per heavy atom. The summed E-state index contributed by atoms with van der Waals surface area (Å²) in [4.78, 5) is 12.1. The van der Waals surface area contributed by atoms with Crippen LogP contribution in [0.25, 0.3) is 0 Å². The molecule has 0 unspecified atom stereocenters. The maximum Gasteiger partial charge on any atom is 0.276 e. The molecule has 0 saturated heterocycles. The number of ether oxygens (including phenoxy) is 1. The van der Waals surface area contributed by atoms with Crippen molar-refractivity contribution >= 4 is 27.5 Å². The number of carbonyl (C=O) groups excluding carboxylic acids is 1. The van der Waals surface area contributed by atoms with Crippen LogP contribution in [-0.4, -0.2) is 15.7 Å². The van der Waals surface area contributed by atoms with E-state index in [1.807, 2.05) is 0 Å². The predicted molar refractivity (Wildman–Crippen MR) is 91.3 cm³/mol. The summed E-state index contributed by atoms with van der Waals surface area (Å²) >= 11 is 3.15. The fourth-order valence-corrected chi connectivity index (χ4v) is 2.34. The maximum atomic E-state index is 13.8. The molecular weight excluding hydrogens is 396 g/mol. The van der Waals surface area contributed by atoms with Crippen molar-refractivity contribution in [1.82, 2.24) is 9.78 Å². The molecule has 0 aliphatic carbocycles. The third kappa shape index (κ3) is 4.42. The standard InChI is InChI=1S/C17H12BrF2N3O2/c18-11-1-6-15(14(20)9-11)21-17(24)16-7-8-23(22-16)10-25-13-4-2-12(19)3-5-13/h1-9H,10H2,(H,21,24). The average molecular weight is 408 g/mol. The van der Waals surface area contributed by atoms with Crippen molar-refractivity contribution in [3.05, 3.63) is 76.5 Å². The second-order valence-corrected chi connectivity index (χ2v) is 5.96. The summed E-state index contributed by atoms with van der Waals surface area (Å²) < 4.78 is 34.0. The van der Waals surface area contributed by atoms with Crippen LogP contribution in [0.3, 0.4) is 0 Å². The van der Waals surface area contributed by atoms with Gasteiger partial charge in [0.2, 0.25) is 0 Å². The van der Waals surface area contributed by atoms with Crippen LogP contribution in [0.1, 0.15) is 10.5 Å². The number of hydrogen-bond donors (Lipinski definition) is 1. The molecule has 128 valence electrons. The van der Waals surface area contributed by atoms with Gasteiger partial charge in [0.25, 0.3) is 5.91 Å². The molecule has 0 aliphatic rings. The van der Waals surface area contributed by atoms with Crippen LogP contribution in [0, 0.1) is 11.6 Å². The van der Waals surface area contributed by atoms with E-state index < -0.39 is 11.7 Å². The van der Waals surface area contributed by atoms with Crippen molar-refractivity contribution in [1.29, 1.82) is 0 Å². The van der Waals surface area contributed by atoms with Crippen LogP contribution < -0.4 is 10.1 Å². The van der Waals surface area contributed by atoms with Crippen molar-refractivity contribution < 1.29 is 18.3 Å². The molecule has 1 heterocycles. The van der Waals surface area contributed by atoms with Gasteiger partial charge in [-0.2, -0.15) is 5.10 Å². The SMILES string of the molecule is O=C(Nc1ccc(Br)cc1F)c1ccn(COc2ccc(F)cc2)n1. The first-order valence-electron chi connectivity index (χ1n) is 7.19. The maximum absolute atomic E-state index is 13.8. The Balaban J connectivity index is 1.62. The molecule has 0 fully saturated rings. The molecule has 0 spiro atoms. The molecule has 0 atom stereocenters. The number of halogens is 3. The average Bonchev–Trinajstić information content (AvgIpc) is 3.06. The van der Waals surface area contributed by atoms with Crippen LogP contribution in [0.15, 0.2) is 59.2 Å². The Morgan fingerprint density at radius 2 is 1.92 bits per heavy atom. The molecule has 3 rings (SSSR count). The summed E-state index contributed by atoms with van der Waals surface area (Å²) in [6.07, 6.45) is 1.55. The quantitative estimate of drug-likeness (QED) is 0.688. The Kier molecular flexibility index (Phi) is 5.08. The second kappa shape index (κ2) is 7.43. The van der Waals surface area contributed by atoms with E-state index in [1.165, 1.54) is 47.1 Å². The molecule has 3 aromatic rings. The van der Waals surface area contributed by atoms with Crippen molar-refractivity contribution in [2.24, 2.45) is 0 Å². The van der Waals surface area contributed by atoms with Crippen molar-refractivity contribution in [2.75, 3.05) is 5.32 Å². The summed E-state index contributed by atoms with van der Waals surface area (Å²) in [5, 5.41) is 6.51. The van der Waals surface area contributed by atoms with E-state index in [4.69, 9.17) is 4.74 Å². The number of anilines is 1. The number of aromatic nitrogens is 2. The second-order valence-electron chi connectivity index (χ2n) is 5.05.